The molecule has 0 amide bonds. The number of hydrogen-bond donors (Lipinski definition) is 1. The van der Waals surface area contributed by atoms with E-state index < -0.39 is 0 Å². The molecule has 1 aliphatic heterocycles. The van der Waals surface area contributed by atoms with Gasteiger partial charge in [0.1, 0.15) is 0 Å². The first-order valence-electron chi connectivity index (χ1n) is 7.00. The molecular weight excluding hydrogens is 274 g/mol. The number of nitrogens with one attached hydrogen (secondary N) is 1. The summed E-state index contributed by atoms with van der Waals surface area (Å²) in [5.41, 5.74) is 1.01. The average molecular weight is 294 g/mol. The van der Waals surface area contributed by atoms with Crippen molar-refractivity contribution in [3.63, 3.8) is 0 Å². The Morgan fingerprint density at radius 2 is 1.90 bits per heavy atom. The van der Waals surface area contributed by atoms with Gasteiger partial charge in [-0.3, -0.25) is 0 Å². The standard InChI is InChI=1S/C15H19N3O.ClH/c1-2-4-13(5-3-1)15-17-14(19-18-15)7-6-12-8-10-16-11-9-12;/h1-5,12,16H,6-11H2;1H. The molecule has 0 unspecified atom stereocenters. The number of aryl methyl sites for hydroxylation is 1. The molecule has 2 heterocycles. The van der Waals surface area contributed by atoms with E-state index in [-0.39, 0.29) is 12.4 Å². The maximum atomic E-state index is 5.33. The highest BCUT2D eigenvalue weighted by atomic mass is 35.5. The Balaban J connectivity index is 0.00000147. The van der Waals surface area contributed by atoms with Gasteiger partial charge in [0, 0.05) is 12.0 Å². The first-order chi connectivity index (χ1) is 9.42. The lowest BCUT2D eigenvalue weighted by Crippen LogP contribution is -2.27. The third-order valence-electron chi connectivity index (χ3n) is 3.73. The minimum atomic E-state index is 0. The van der Waals surface area contributed by atoms with Crippen LogP contribution in [-0.2, 0) is 6.42 Å². The van der Waals surface area contributed by atoms with Gasteiger partial charge < -0.3 is 9.84 Å². The Morgan fingerprint density at radius 3 is 2.65 bits per heavy atom. The number of piperidine rings is 1. The molecule has 0 bridgehead atoms. The van der Waals surface area contributed by atoms with Crippen molar-refractivity contribution in [3.8, 4) is 11.4 Å². The molecule has 1 saturated heterocycles. The summed E-state index contributed by atoms with van der Waals surface area (Å²) in [4.78, 5) is 4.47. The molecule has 1 N–H and O–H groups in total. The van der Waals surface area contributed by atoms with E-state index in [2.05, 4.69) is 15.5 Å². The van der Waals surface area contributed by atoms with Gasteiger partial charge in [0.15, 0.2) is 0 Å². The Labute approximate surface area is 125 Å². The molecular formula is C15H20ClN3O. The van der Waals surface area contributed by atoms with Gasteiger partial charge in [-0.15, -0.1) is 12.4 Å². The van der Waals surface area contributed by atoms with Gasteiger partial charge in [-0.05, 0) is 38.3 Å². The second-order valence-electron chi connectivity index (χ2n) is 5.11. The van der Waals surface area contributed by atoms with Crippen molar-refractivity contribution < 1.29 is 4.52 Å². The minimum Gasteiger partial charge on any atom is -0.339 e. The van der Waals surface area contributed by atoms with Crippen molar-refractivity contribution in [2.45, 2.75) is 25.7 Å². The number of aromatic nitrogens is 2. The zero-order valence-electron chi connectivity index (χ0n) is 11.4. The molecule has 0 saturated carbocycles. The highest BCUT2D eigenvalue weighted by molar-refractivity contribution is 5.85. The molecule has 0 spiro atoms. The molecule has 1 aromatic carbocycles. The molecule has 0 aliphatic carbocycles. The predicted octanol–water partition coefficient (Wildman–Crippen LogP) is 3.09. The van der Waals surface area contributed by atoms with Crippen LogP contribution in [0.4, 0.5) is 0 Å². The predicted molar refractivity (Wildman–Crippen MR) is 80.9 cm³/mol. The second kappa shape index (κ2) is 7.41. The van der Waals surface area contributed by atoms with Gasteiger partial charge in [-0.1, -0.05) is 35.5 Å². The Morgan fingerprint density at radius 1 is 1.15 bits per heavy atom. The fraction of sp³-hybridized carbons (Fsp3) is 0.467. The van der Waals surface area contributed by atoms with Crippen LogP contribution in [0, 0.1) is 5.92 Å². The molecule has 0 atom stereocenters. The maximum absolute atomic E-state index is 5.33. The van der Waals surface area contributed by atoms with Crippen molar-refractivity contribution in [3.05, 3.63) is 36.2 Å². The Bertz CT molecular complexity index is 509. The molecule has 2 aromatic rings. The number of hydrogen-bond acceptors (Lipinski definition) is 4. The molecule has 1 aliphatic rings. The van der Waals surface area contributed by atoms with E-state index in [1.165, 1.54) is 12.8 Å². The van der Waals surface area contributed by atoms with E-state index in [9.17, 15) is 0 Å². The van der Waals surface area contributed by atoms with Gasteiger partial charge >= 0.3 is 0 Å². The lowest BCUT2D eigenvalue weighted by atomic mass is 9.93. The van der Waals surface area contributed by atoms with Gasteiger partial charge in [0.2, 0.25) is 11.7 Å². The molecule has 20 heavy (non-hydrogen) atoms. The van der Waals surface area contributed by atoms with Crippen molar-refractivity contribution in [2.75, 3.05) is 13.1 Å². The van der Waals surface area contributed by atoms with E-state index in [1.54, 1.807) is 0 Å². The van der Waals surface area contributed by atoms with Crippen LogP contribution < -0.4 is 5.32 Å². The zero-order chi connectivity index (χ0) is 12.9. The summed E-state index contributed by atoms with van der Waals surface area (Å²) in [5, 5.41) is 7.44. The number of benzene rings is 1. The molecule has 1 fully saturated rings. The summed E-state index contributed by atoms with van der Waals surface area (Å²) >= 11 is 0. The largest absolute Gasteiger partial charge is 0.339 e. The fourth-order valence-corrected chi connectivity index (χ4v) is 2.56. The molecule has 1 aromatic heterocycles. The minimum absolute atomic E-state index is 0. The van der Waals surface area contributed by atoms with E-state index >= 15 is 0 Å². The summed E-state index contributed by atoms with van der Waals surface area (Å²) in [5.74, 6) is 2.26. The monoisotopic (exact) mass is 293 g/mol. The summed E-state index contributed by atoms with van der Waals surface area (Å²) in [6, 6.07) is 9.96. The maximum Gasteiger partial charge on any atom is 0.226 e. The van der Waals surface area contributed by atoms with Crippen LogP contribution in [0.5, 0.6) is 0 Å². The Kier molecular flexibility index (Phi) is 5.56. The van der Waals surface area contributed by atoms with Crippen LogP contribution >= 0.6 is 12.4 Å². The van der Waals surface area contributed by atoms with E-state index in [1.807, 2.05) is 30.3 Å². The normalized spacial score (nSPS) is 15.8. The van der Waals surface area contributed by atoms with Gasteiger partial charge in [0.25, 0.3) is 0 Å². The van der Waals surface area contributed by atoms with Crippen LogP contribution in [0.25, 0.3) is 11.4 Å². The van der Waals surface area contributed by atoms with Crippen molar-refractivity contribution in [1.29, 1.82) is 0 Å². The topological polar surface area (TPSA) is 51.0 Å². The molecule has 4 nitrogen and oxygen atoms in total. The fourth-order valence-electron chi connectivity index (χ4n) is 2.56. The first kappa shape index (κ1) is 15.0. The van der Waals surface area contributed by atoms with Crippen molar-refractivity contribution in [2.24, 2.45) is 5.92 Å². The van der Waals surface area contributed by atoms with E-state index in [4.69, 9.17) is 4.52 Å². The molecule has 0 radical (unpaired) electrons. The molecule has 5 heteroatoms. The quantitative estimate of drug-likeness (QED) is 0.941. The number of nitrogens with zero attached hydrogens (tertiary/aromatic N) is 2. The van der Waals surface area contributed by atoms with Crippen molar-refractivity contribution >= 4 is 12.4 Å². The van der Waals surface area contributed by atoms with Crippen LogP contribution in [0.2, 0.25) is 0 Å². The highest BCUT2D eigenvalue weighted by Crippen LogP contribution is 2.20. The molecule has 3 rings (SSSR count). The molecule has 108 valence electrons. The second-order valence-corrected chi connectivity index (χ2v) is 5.11. The van der Waals surface area contributed by atoms with Crippen molar-refractivity contribution in [1.82, 2.24) is 15.5 Å². The SMILES string of the molecule is Cl.c1ccc(-c2noc(CCC3CCNCC3)n2)cc1. The average Bonchev–Trinajstić information content (AvgIpc) is 2.96. The number of rotatable bonds is 4. The van der Waals surface area contributed by atoms with Crippen LogP contribution in [0.1, 0.15) is 25.2 Å². The number of halogens is 1. The third kappa shape index (κ3) is 3.81. The smallest absolute Gasteiger partial charge is 0.226 e. The summed E-state index contributed by atoms with van der Waals surface area (Å²) in [7, 11) is 0. The summed E-state index contributed by atoms with van der Waals surface area (Å²) in [6.07, 6.45) is 4.57. The summed E-state index contributed by atoms with van der Waals surface area (Å²) < 4.78 is 5.33. The lowest BCUT2D eigenvalue weighted by molar-refractivity contribution is 0.324. The van der Waals surface area contributed by atoms with Gasteiger partial charge in [-0.25, -0.2) is 0 Å². The van der Waals surface area contributed by atoms with Gasteiger partial charge in [-0.2, -0.15) is 4.98 Å². The summed E-state index contributed by atoms with van der Waals surface area (Å²) in [6.45, 7) is 2.29. The van der Waals surface area contributed by atoms with E-state index in [0.717, 1.165) is 43.3 Å². The Hall–Kier alpha value is -1.39. The highest BCUT2D eigenvalue weighted by Gasteiger charge is 2.15. The van der Waals surface area contributed by atoms with Crippen LogP contribution in [0.3, 0.4) is 0 Å². The van der Waals surface area contributed by atoms with E-state index in [0.29, 0.717) is 5.82 Å². The van der Waals surface area contributed by atoms with Crippen LogP contribution in [0.15, 0.2) is 34.9 Å². The third-order valence-corrected chi connectivity index (χ3v) is 3.73. The van der Waals surface area contributed by atoms with Crippen LogP contribution in [-0.4, -0.2) is 23.2 Å². The first-order valence-corrected chi connectivity index (χ1v) is 7.00. The lowest BCUT2D eigenvalue weighted by Gasteiger charge is -2.21. The zero-order valence-corrected chi connectivity index (χ0v) is 12.2. The van der Waals surface area contributed by atoms with Gasteiger partial charge in [0.05, 0.1) is 0 Å².